The molecule has 0 saturated carbocycles. The Hall–Kier alpha value is -3.87. The van der Waals surface area contributed by atoms with Gasteiger partial charge in [-0.05, 0) is 88.3 Å². The summed E-state index contributed by atoms with van der Waals surface area (Å²) in [4.78, 5) is 43.9. The maximum absolute atomic E-state index is 12.3. The molecule has 3 heterocycles. The second-order valence-electron chi connectivity index (χ2n) is 12.7. The van der Waals surface area contributed by atoms with Crippen molar-refractivity contribution in [2.24, 2.45) is 23.5 Å². The number of carbonyl (C=O) groups excluding carboxylic acids is 3. The molecule has 3 aromatic rings. The van der Waals surface area contributed by atoms with Crippen LogP contribution >= 0.6 is 23.6 Å². The zero-order valence-corrected chi connectivity index (χ0v) is 30.8. The molecule has 2 unspecified atom stereocenters. The lowest BCUT2D eigenvalue weighted by Crippen LogP contribution is -2.41. The Labute approximate surface area is 305 Å². The second-order valence-corrected chi connectivity index (χ2v) is 14.3. The van der Waals surface area contributed by atoms with Crippen LogP contribution < -0.4 is 11.1 Å². The largest absolute Gasteiger partial charge is 0.462 e. The van der Waals surface area contributed by atoms with Crippen LogP contribution in [0, 0.1) is 24.7 Å². The molecule has 1 amide bonds. The summed E-state index contributed by atoms with van der Waals surface area (Å²) < 4.78 is 16.0. The fourth-order valence-electron chi connectivity index (χ4n) is 6.19. The normalized spacial score (nSPS) is 17.6. The SMILES string of the molecule is CCOC(=O)c1sc(CCC2CCN(C(=O)OCc3ccccc3)CC2)nc1C.NC(=S)CCC1CCNCC1C(=O)OCc1ccccc1. The number of amides is 1. The van der Waals surface area contributed by atoms with Gasteiger partial charge in [0.2, 0.25) is 0 Å². The van der Waals surface area contributed by atoms with Gasteiger partial charge in [0.15, 0.2) is 0 Å². The highest BCUT2D eigenvalue weighted by atomic mass is 32.1. The molecule has 0 spiro atoms. The molecule has 10 nitrogen and oxygen atoms in total. The van der Waals surface area contributed by atoms with Crippen molar-refractivity contribution in [3.05, 3.63) is 87.4 Å². The van der Waals surface area contributed by atoms with Gasteiger partial charge in [-0.25, -0.2) is 14.6 Å². The number of aromatic nitrogens is 1. The van der Waals surface area contributed by atoms with Gasteiger partial charge in [-0.2, -0.15) is 0 Å². The molecule has 2 atom stereocenters. The third kappa shape index (κ3) is 12.8. The van der Waals surface area contributed by atoms with Gasteiger partial charge in [0.1, 0.15) is 18.1 Å². The van der Waals surface area contributed by atoms with Crippen LogP contribution in [0.3, 0.4) is 0 Å². The summed E-state index contributed by atoms with van der Waals surface area (Å²) in [6.45, 7) is 7.74. The van der Waals surface area contributed by atoms with Crippen LogP contribution in [0.5, 0.6) is 0 Å². The second kappa shape index (κ2) is 20.7. The number of piperidine rings is 2. The van der Waals surface area contributed by atoms with Gasteiger partial charge in [-0.15, -0.1) is 11.3 Å². The van der Waals surface area contributed by atoms with Crippen LogP contribution in [0.25, 0.3) is 0 Å². The number of esters is 2. The van der Waals surface area contributed by atoms with Gasteiger partial charge in [0, 0.05) is 19.6 Å². The number of benzene rings is 2. The molecule has 0 aliphatic carbocycles. The number of ether oxygens (including phenoxy) is 3. The molecule has 1 aromatic heterocycles. The van der Waals surface area contributed by atoms with Crippen LogP contribution in [-0.2, 0) is 38.6 Å². The molecule has 2 fully saturated rings. The number of likely N-dealkylation sites (tertiary alicyclic amines) is 1. The van der Waals surface area contributed by atoms with Gasteiger partial charge >= 0.3 is 18.0 Å². The lowest BCUT2D eigenvalue weighted by molar-refractivity contribution is -0.152. The van der Waals surface area contributed by atoms with E-state index in [9.17, 15) is 14.4 Å². The predicted octanol–water partition coefficient (Wildman–Crippen LogP) is 6.63. The Morgan fingerprint density at radius 2 is 1.58 bits per heavy atom. The van der Waals surface area contributed by atoms with Gasteiger partial charge in [0.25, 0.3) is 0 Å². The first kappa shape index (κ1) is 38.9. The Bertz CT molecular complexity index is 1510. The first-order valence-electron chi connectivity index (χ1n) is 17.5. The van der Waals surface area contributed by atoms with Crippen molar-refractivity contribution in [2.45, 2.75) is 72.0 Å². The molecule has 2 saturated heterocycles. The predicted molar refractivity (Wildman–Crippen MR) is 199 cm³/mol. The topological polar surface area (TPSA) is 133 Å². The van der Waals surface area contributed by atoms with Crippen molar-refractivity contribution in [1.82, 2.24) is 15.2 Å². The van der Waals surface area contributed by atoms with Gasteiger partial charge in [-0.1, -0.05) is 72.9 Å². The fourth-order valence-corrected chi connectivity index (χ4v) is 7.28. The lowest BCUT2D eigenvalue weighted by atomic mass is 9.83. The van der Waals surface area contributed by atoms with Crippen molar-refractivity contribution < 1.29 is 28.6 Å². The molecule has 0 radical (unpaired) electrons. The Kier molecular flexibility index (Phi) is 16.1. The minimum atomic E-state index is -0.281. The number of hydrogen-bond donors (Lipinski definition) is 2. The molecule has 50 heavy (non-hydrogen) atoms. The van der Waals surface area contributed by atoms with E-state index in [1.54, 1.807) is 11.8 Å². The van der Waals surface area contributed by atoms with Crippen LogP contribution in [0.2, 0.25) is 0 Å². The molecule has 5 rings (SSSR count). The standard InChI is InChI=1S/C22H28N2O4S.C16H22N2O2S/c1-3-27-21(25)20-16(2)23-19(29-20)10-9-17-11-13-24(14-12-17)22(26)28-15-18-7-5-4-6-8-18;17-15(21)7-6-13-8-9-18-10-14(13)16(19)20-11-12-4-2-1-3-5-12/h4-8,17H,3,9-15H2,1-2H3;1-5,13-14,18H,6-11H2,(H2,17,21). The number of nitrogens with zero attached hydrogens (tertiary/aromatic N) is 2. The average molecular weight is 723 g/mol. The molecule has 3 N–H and O–H groups in total. The summed E-state index contributed by atoms with van der Waals surface area (Å²) in [5.41, 5.74) is 8.32. The summed E-state index contributed by atoms with van der Waals surface area (Å²) >= 11 is 6.37. The summed E-state index contributed by atoms with van der Waals surface area (Å²) in [5.74, 6) is 0.353. The van der Waals surface area contributed by atoms with Gasteiger partial charge < -0.3 is 30.2 Å². The quantitative estimate of drug-likeness (QED) is 0.113. The van der Waals surface area contributed by atoms with Gasteiger partial charge in [0.05, 0.1) is 28.2 Å². The van der Waals surface area contributed by atoms with E-state index < -0.39 is 0 Å². The van der Waals surface area contributed by atoms with Crippen molar-refractivity contribution >= 4 is 46.6 Å². The zero-order chi connectivity index (χ0) is 35.7. The smallest absolute Gasteiger partial charge is 0.410 e. The third-order valence-corrected chi connectivity index (χ3v) is 10.5. The van der Waals surface area contributed by atoms with E-state index >= 15 is 0 Å². The lowest BCUT2D eigenvalue weighted by Gasteiger charge is -2.31. The van der Waals surface area contributed by atoms with E-state index in [4.69, 9.17) is 32.2 Å². The van der Waals surface area contributed by atoms with Crippen molar-refractivity contribution in [3.8, 4) is 0 Å². The third-order valence-electron chi connectivity index (χ3n) is 9.06. The number of nitrogens with one attached hydrogen (secondary N) is 1. The van der Waals surface area contributed by atoms with Crippen molar-refractivity contribution in [2.75, 3.05) is 32.8 Å². The summed E-state index contributed by atoms with van der Waals surface area (Å²) in [5, 5.41) is 4.25. The van der Waals surface area contributed by atoms with E-state index in [1.165, 1.54) is 11.3 Å². The highest BCUT2D eigenvalue weighted by Crippen LogP contribution is 2.27. The number of thiazole rings is 1. The maximum atomic E-state index is 12.3. The molecular formula is C38H50N4O6S2. The fraction of sp³-hybridized carbons (Fsp3) is 0.500. The Balaban J connectivity index is 0.000000237. The molecule has 0 bridgehead atoms. The molecule has 2 aliphatic heterocycles. The highest BCUT2D eigenvalue weighted by molar-refractivity contribution is 7.80. The minimum Gasteiger partial charge on any atom is -0.462 e. The van der Waals surface area contributed by atoms with Crippen LogP contribution in [0.15, 0.2) is 60.7 Å². The number of thiocarbonyl (C=S) groups is 1. The number of aryl methyl sites for hydroxylation is 2. The summed E-state index contributed by atoms with van der Waals surface area (Å²) in [7, 11) is 0. The van der Waals surface area contributed by atoms with E-state index in [0.717, 1.165) is 80.0 Å². The number of carbonyl (C=O) groups is 3. The zero-order valence-electron chi connectivity index (χ0n) is 29.1. The van der Waals surface area contributed by atoms with Crippen LogP contribution in [0.1, 0.15) is 76.9 Å². The van der Waals surface area contributed by atoms with E-state index in [2.05, 4.69) is 10.3 Å². The minimum absolute atomic E-state index is 0.100. The molecule has 2 aromatic carbocycles. The number of rotatable bonds is 13. The van der Waals surface area contributed by atoms with E-state index in [0.29, 0.717) is 54.5 Å². The van der Waals surface area contributed by atoms with Crippen LogP contribution in [0.4, 0.5) is 4.79 Å². The number of hydrogen-bond acceptors (Lipinski definition) is 10. The first-order valence-corrected chi connectivity index (χ1v) is 18.7. The van der Waals surface area contributed by atoms with Crippen molar-refractivity contribution in [3.63, 3.8) is 0 Å². The highest BCUT2D eigenvalue weighted by Gasteiger charge is 2.32. The van der Waals surface area contributed by atoms with E-state index in [1.807, 2.05) is 67.6 Å². The number of nitrogens with two attached hydrogens (primary N) is 1. The average Bonchev–Trinajstić information content (AvgIpc) is 3.53. The van der Waals surface area contributed by atoms with Crippen LogP contribution in [-0.4, -0.2) is 65.7 Å². The summed E-state index contributed by atoms with van der Waals surface area (Å²) in [6.07, 6.45) is 6.10. The molecule has 12 heteroatoms. The van der Waals surface area contributed by atoms with Crippen molar-refractivity contribution in [1.29, 1.82) is 0 Å². The van der Waals surface area contributed by atoms with E-state index in [-0.39, 0.29) is 23.9 Å². The first-order chi connectivity index (χ1) is 24.2. The molecule has 270 valence electrons. The Morgan fingerprint density at radius 1 is 0.940 bits per heavy atom. The monoisotopic (exact) mass is 722 g/mol. The summed E-state index contributed by atoms with van der Waals surface area (Å²) in [6, 6.07) is 19.5. The molecular weight excluding hydrogens is 673 g/mol. The molecule has 2 aliphatic rings. The maximum Gasteiger partial charge on any atom is 0.410 e. The Morgan fingerprint density at radius 3 is 2.20 bits per heavy atom. The van der Waals surface area contributed by atoms with Gasteiger partial charge in [-0.3, -0.25) is 4.79 Å².